The highest BCUT2D eigenvalue weighted by Crippen LogP contribution is 2.64. The van der Waals surface area contributed by atoms with E-state index in [0.717, 1.165) is 12.2 Å². The molecule has 2 heteroatoms. The molecule has 0 radical (unpaired) electrons. The molecule has 1 aromatic heterocycles. The smallest absolute Gasteiger partial charge is 0.104 e. The van der Waals surface area contributed by atoms with Crippen molar-refractivity contribution in [2.24, 2.45) is 5.41 Å². The van der Waals surface area contributed by atoms with E-state index in [1.54, 1.807) is 6.26 Å². The first-order valence-corrected chi connectivity index (χ1v) is 4.69. The van der Waals surface area contributed by atoms with E-state index in [1.165, 1.54) is 5.56 Å². The van der Waals surface area contributed by atoms with Crippen molar-refractivity contribution >= 4 is 0 Å². The Hall–Kier alpha value is -0.760. The fraction of sp³-hybridized carbons (Fsp3) is 0.636. The molecule has 1 fully saturated rings. The van der Waals surface area contributed by atoms with E-state index >= 15 is 0 Å². The van der Waals surface area contributed by atoms with Crippen molar-refractivity contribution in [1.29, 1.82) is 0 Å². The van der Waals surface area contributed by atoms with Crippen molar-refractivity contribution in [3.63, 3.8) is 0 Å². The van der Waals surface area contributed by atoms with E-state index in [9.17, 15) is 5.11 Å². The molecule has 0 saturated heterocycles. The summed E-state index contributed by atoms with van der Waals surface area (Å²) in [7, 11) is 0. The van der Waals surface area contributed by atoms with Crippen molar-refractivity contribution in [3.8, 4) is 0 Å². The van der Waals surface area contributed by atoms with Crippen LogP contribution in [0.15, 0.2) is 16.7 Å². The van der Waals surface area contributed by atoms with Crippen LogP contribution in [-0.4, -0.2) is 11.7 Å². The second-order valence-electron chi connectivity index (χ2n) is 4.69. The van der Waals surface area contributed by atoms with Crippen molar-refractivity contribution in [1.82, 2.24) is 0 Å². The Balaban J connectivity index is 2.41. The lowest BCUT2D eigenvalue weighted by Crippen LogP contribution is -2.19. The monoisotopic (exact) mass is 180 g/mol. The van der Waals surface area contributed by atoms with Crippen molar-refractivity contribution < 1.29 is 9.52 Å². The quantitative estimate of drug-likeness (QED) is 0.757. The molecule has 0 amide bonds. The molecule has 2 rings (SSSR count). The van der Waals surface area contributed by atoms with E-state index in [2.05, 4.69) is 13.8 Å². The van der Waals surface area contributed by atoms with Crippen LogP contribution < -0.4 is 0 Å². The topological polar surface area (TPSA) is 33.4 Å². The summed E-state index contributed by atoms with van der Waals surface area (Å²) in [6, 6.07) is 1.99. The van der Waals surface area contributed by atoms with E-state index in [0.29, 0.717) is 0 Å². The summed E-state index contributed by atoms with van der Waals surface area (Å²) < 4.78 is 5.27. The summed E-state index contributed by atoms with van der Waals surface area (Å²) in [5.41, 5.74) is 1.36. The molecule has 1 N–H and O–H groups in total. The van der Waals surface area contributed by atoms with E-state index in [1.807, 2.05) is 13.0 Å². The molecule has 1 aliphatic rings. The number of furan rings is 1. The third-order valence-electron chi connectivity index (χ3n) is 3.56. The second-order valence-corrected chi connectivity index (χ2v) is 4.69. The minimum atomic E-state index is -0.0376. The van der Waals surface area contributed by atoms with Crippen LogP contribution in [0, 0.1) is 12.3 Å². The normalized spacial score (nSPS) is 30.5. The predicted octanol–water partition coefficient (Wildman–Crippen LogP) is 2.25. The number of hydrogen-bond donors (Lipinski definition) is 1. The fourth-order valence-corrected chi connectivity index (χ4v) is 2.41. The van der Waals surface area contributed by atoms with Gasteiger partial charge in [-0.2, -0.15) is 0 Å². The highest BCUT2D eigenvalue weighted by molar-refractivity contribution is 5.38. The van der Waals surface area contributed by atoms with Gasteiger partial charge in [0, 0.05) is 11.0 Å². The summed E-state index contributed by atoms with van der Waals surface area (Å²) in [4.78, 5) is 0. The summed E-state index contributed by atoms with van der Waals surface area (Å²) in [5.74, 6) is 0.944. The molecule has 1 saturated carbocycles. The third kappa shape index (κ3) is 0.983. The van der Waals surface area contributed by atoms with Crippen LogP contribution in [0.2, 0.25) is 0 Å². The molecule has 0 bridgehead atoms. The Morgan fingerprint density at radius 2 is 2.15 bits per heavy atom. The summed E-state index contributed by atoms with van der Waals surface area (Å²) in [6.07, 6.45) is 2.76. The van der Waals surface area contributed by atoms with Gasteiger partial charge < -0.3 is 9.52 Å². The Bertz CT molecular complexity index is 325. The number of aryl methyl sites for hydroxylation is 1. The number of aliphatic hydroxyl groups excluding tert-OH is 1. The average molecular weight is 180 g/mol. The first-order valence-electron chi connectivity index (χ1n) is 4.69. The predicted molar refractivity (Wildman–Crippen MR) is 50.6 cm³/mol. The van der Waals surface area contributed by atoms with Gasteiger partial charge >= 0.3 is 0 Å². The van der Waals surface area contributed by atoms with Crippen LogP contribution in [0.4, 0.5) is 0 Å². The third-order valence-corrected chi connectivity index (χ3v) is 3.56. The Labute approximate surface area is 78.6 Å². The number of hydrogen-bond acceptors (Lipinski definition) is 2. The van der Waals surface area contributed by atoms with Gasteiger partial charge in [0.15, 0.2) is 0 Å². The van der Waals surface area contributed by atoms with Gasteiger partial charge in [0.1, 0.15) is 5.76 Å². The fourth-order valence-electron chi connectivity index (χ4n) is 2.41. The van der Waals surface area contributed by atoms with Gasteiger partial charge in [-0.25, -0.2) is 0 Å². The molecule has 1 atom stereocenters. The maximum Gasteiger partial charge on any atom is 0.104 e. The summed E-state index contributed by atoms with van der Waals surface area (Å²) in [6.45, 7) is 6.56. The Morgan fingerprint density at radius 1 is 1.54 bits per heavy atom. The van der Waals surface area contributed by atoms with Crippen molar-refractivity contribution in [3.05, 3.63) is 23.7 Å². The van der Waals surface area contributed by atoms with Gasteiger partial charge in [-0.1, -0.05) is 13.8 Å². The molecule has 1 heterocycles. The molecule has 1 aromatic rings. The van der Waals surface area contributed by atoms with Crippen LogP contribution >= 0.6 is 0 Å². The first-order chi connectivity index (χ1) is 6.03. The SMILES string of the molecule is Cc1occc1C1(CO)CC1(C)C. The van der Waals surface area contributed by atoms with Crippen LogP contribution in [0.25, 0.3) is 0 Å². The highest BCUT2D eigenvalue weighted by Gasteiger charge is 2.62. The van der Waals surface area contributed by atoms with E-state index < -0.39 is 0 Å². The standard InChI is InChI=1S/C11H16O2/c1-8-9(4-5-13-8)11(7-12)6-10(11,2)3/h4-5,12H,6-7H2,1-3H3. The highest BCUT2D eigenvalue weighted by atomic mass is 16.3. The number of aliphatic hydroxyl groups is 1. The molecular formula is C11H16O2. The number of rotatable bonds is 2. The second kappa shape index (κ2) is 2.38. The van der Waals surface area contributed by atoms with Gasteiger partial charge in [-0.05, 0) is 24.8 Å². The molecule has 0 spiro atoms. The maximum atomic E-state index is 9.45. The van der Waals surface area contributed by atoms with Crippen LogP contribution in [0.1, 0.15) is 31.6 Å². The molecule has 0 aromatic carbocycles. The largest absolute Gasteiger partial charge is 0.469 e. The van der Waals surface area contributed by atoms with Gasteiger partial charge in [-0.15, -0.1) is 0 Å². The van der Waals surface area contributed by atoms with Crippen LogP contribution in [0.3, 0.4) is 0 Å². The maximum absolute atomic E-state index is 9.45. The Morgan fingerprint density at radius 3 is 2.46 bits per heavy atom. The minimum absolute atomic E-state index is 0.0376. The lowest BCUT2D eigenvalue weighted by atomic mass is 9.89. The zero-order chi connectivity index (χ0) is 9.69. The van der Waals surface area contributed by atoms with Gasteiger partial charge in [0.25, 0.3) is 0 Å². The molecule has 1 unspecified atom stereocenters. The lowest BCUT2D eigenvalue weighted by molar-refractivity contribution is 0.230. The molecule has 72 valence electrons. The molecule has 1 aliphatic carbocycles. The molecule has 2 nitrogen and oxygen atoms in total. The van der Waals surface area contributed by atoms with Crippen molar-refractivity contribution in [2.45, 2.75) is 32.6 Å². The van der Waals surface area contributed by atoms with Crippen LogP contribution in [-0.2, 0) is 5.41 Å². The van der Waals surface area contributed by atoms with Crippen LogP contribution in [0.5, 0.6) is 0 Å². The first kappa shape index (κ1) is 8.82. The molecule has 0 aliphatic heterocycles. The zero-order valence-electron chi connectivity index (χ0n) is 8.42. The zero-order valence-corrected chi connectivity index (χ0v) is 8.42. The lowest BCUT2D eigenvalue weighted by Gasteiger charge is -2.16. The van der Waals surface area contributed by atoms with E-state index in [4.69, 9.17) is 4.42 Å². The Kier molecular flexibility index (Phi) is 1.62. The summed E-state index contributed by atoms with van der Waals surface area (Å²) >= 11 is 0. The van der Waals surface area contributed by atoms with Gasteiger partial charge in [-0.3, -0.25) is 0 Å². The summed E-state index contributed by atoms with van der Waals surface area (Å²) in [5, 5.41) is 9.45. The average Bonchev–Trinajstić information content (AvgIpc) is 2.43. The molecule has 13 heavy (non-hydrogen) atoms. The van der Waals surface area contributed by atoms with Crippen molar-refractivity contribution in [2.75, 3.05) is 6.61 Å². The van der Waals surface area contributed by atoms with Gasteiger partial charge in [0.2, 0.25) is 0 Å². The van der Waals surface area contributed by atoms with E-state index in [-0.39, 0.29) is 17.4 Å². The minimum Gasteiger partial charge on any atom is -0.469 e. The molecular weight excluding hydrogens is 164 g/mol. The van der Waals surface area contributed by atoms with Gasteiger partial charge in [0.05, 0.1) is 12.9 Å².